The van der Waals surface area contributed by atoms with Gasteiger partial charge in [0.2, 0.25) is 0 Å². The lowest BCUT2D eigenvalue weighted by Gasteiger charge is -2.18. The fourth-order valence-corrected chi connectivity index (χ4v) is 2.15. The number of nitro groups is 1. The topological polar surface area (TPSA) is 70.8 Å². The van der Waals surface area contributed by atoms with Crippen LogP contribution in [0.4, 0.5) is 5.69 Å². The smallest absolute Gasteiger partial charge is 0.380 e. The molecule has 0 saturated carbocycles. The van der Waals surface area contributed by atoms with E-state index >= 15 is 0 Å². The van der Waals surface area contributed by atoms with Gasteiger partial charge in [-0.05, 0) is 6.07 Å². The molecule has 1 aromatic rings. The van der Waals surface area contributed by atoms with Gasteiger partial charge in [-0.2, -0.15) is 0 Å². The summed E-state index contributed by atoms with van der Waals surface area (Å²) in [5.41, 5.74) is -0.134. The highest BCUT2D eigenvalue weighted by Gasteiger charge is 2.21. The summed E-state index contributed by atoms with van der Waals surface area (Å²) < 4.78 is 15.1. The fourth-order valence-electron chi connectivity index (χ4n) is 0.947. The highest BCUT2D eigenvalue weighted by molar-refractivity contribution is 8.07. The van der Waals surface area contributed by atoms with Crippen molar-refractivity contribution < 1.29 is 18.5 Å². The van der Waals surface area contributed by atoms with Crippen molar-refractivity contribution >= 4 is 35.8 Å². The summed E-state index contributed by atoms with van der Waals surface area (Å²) in [5, 5.41) is 10.6. The maximum absolute atomic E-state index is 10.5. The quantitative estimate of drug-likeness (QED) is 0.472. The molecule has 0 bridgehead atoms. The van der Waals surface area contributed by atoms with Gasteiger partial charge >= 0.3 is 6.72 Å². The van der Waals surface area contributed by atoms with E-state index in [4.69, 9.17) is 37.0 Å². The number of benzene rings is 1. The highest BCUT2D eigenvalue weighted by Crippen LogP contribution is 2.49. The van der Waals surface area contributed by atoms with Gasteiger partial charge < -0.3 is 13.6 Å². The molecular weight excluding hydrogens is 289 g/mol. The Bertz CT molecular complexity index is 475. The summed E-state index contributed by atoms with van der Waals surface area (Å²) in [6, 6.07) is 3.77. The van der Waals surface area contributed by atoms with Crippen molar-refractivity contribution in [3.63, 3.8) is 0 Å². The first-order valence-electron chi connectivity index (χ1n) is 4.27. The number of halogens is 1. The molecule has 0 aromatic heterocycles. The van der Waals surface area contributed by atoms with E-state index in [2.05, 4.69) is 0 Å². The van der Waals surface area contributed by atoms with Crippen molar-refractivity contribution in [2.24, 2.45) is 0 Å². The summed E-state index contributed by atoms with van der Waals surface area (Å²) in [6.45, 7) is -2.89. The van der Waals surface area contributed by atoms with Crippen LogP contribution in [0.3, 0.4) is 0 Å². The summed E-state index contributed by atoms with van der Waals surface area (Å²) in [6.07, 6.45) is 0. The van der Waals surface area contributed by atoms with Gasteiger partial charge in [0.05, 0.1) is 9.95 Å². The van der Waals surface area contributed by atoms with Crippen LogP contribution in [0.1, 0.15) is 0 Å². The van der Waals surface area contributed by atoms with E-state index in [1.807, 2.05) is 0 Å². The van der Waals surface area contributed by atoms with E-state index < -0.39 is 11.6 Å². The van der Waals surface area contributed by atoms with Gasteiger partial charge in [0.1, 0.15) is 5.75 Å². The van der Waals surface area contributed by atoms with Gasteiger partial charge in [-0.25, -0.2) is 0 Å². The molecule has 0 aliphatic carbocycles. The van der Waals surface area contributed by atoms with Crippen LogP contribution in [0, 0.1) is 10.1 Å². The minimum absolute atomic E-state index is 0.0718. The molecule has 1 rings (SSSR count). The molecule has 0 aliphatic heterocycles. The number of nitrogens with zero attached hydrogens (tertiary/aromatic N) is 1. The molecule has 0 aliphatic rings. The van der Waals surface area contributed by atoms with E-state index in [9.17, 15) is 10.1 Å². The molecule has 0 N–H and O–H groups in total. The standard InChI is InChI=1S/C8H9ClNO5PS/c1-13-16(17,14-2)15-8-4-3-6(10(11)12)5-7(8)9/h3-5H,1-2H3. The van der Waals surface area contributed by atoms with Crippen LogP contribution in [0.5, 0.6) is 5.75 Å². The van der Waals surface area contributed by atoms with Crippen LogP contribution in [0.15, 0.2) is 18.2 Å². The summed E-state index contributed by atoms with van der Waals surface area (Å²) in [5.74, 6) is 0.185. The lowest BCUT2D eigenvalue weighted by Crippen LogP contribution is -1.97. The number of hydrogen-bond acceptors (Lipinski definition) is 6. The third-order valence-corrected chi connectivity index (χ3v) is 4.51. The molecule has 0 amide bonds. The van der Waals surface area contributed by atoms with Crippen LogP contribution in [-0.4, -0.2) is 19.1 Å². The highest BCUT2D eigenvalue weighted by atomic mass is 35.5. The minimum atomic E-state index is -2.89. The Morgan fingerprint density at radius 2 is 2.00 bits per heavy atom. The van der Waals surface area contributed by atoms with Crippen molar-refractivity contribution in [2.45, 2.75) is 0 Å². The molecular formula is C8H9ClNO5PS. The van der Waals surface area contributed by atoms with Gasteiger partial charge in [0, 0.05) is 38.2 Å². The van der Waals surface area contributed by atoms with Gasteiger partial charge in [-0.15, -0.1) is 0 Å². The van der Waals surface area contributed by atoms with E-state index in [0.29, 0.717) is 0 Å². The Hall–Kier alpha value is -0.720. The lowest BCUT2D eigenvalue weighted by molar-refractivity contribution is -0.384. The predicted octanol–water partition coefficient (Wildman–Crippen LogP) is 3.14. The zero-order chi connectivity index (χ0) is 13.1. The van der Waals surface area contributed by atoms with Crippen LogP contribution in [-0.2, 0) is 20.9 Å². The van der Waals surface area contributed by atoms with Crippen LogP contribution >= 0.6 is 18.3 Å². The third kappa shape index (κ3) is 3.62. The molecule has 94 valence electrons. The van der Waals surface area contributed by atoms with E-state index in [1.54, 1.807) is 0 Å². The van der Waals surface area contributed by atoms with Crippen LogP contribution in [0.25, 0.3) is 0 Å². The van der Waals surface area contributed by atoms with Crippen molar-refractivity contribution in [2.75, 3.05) is 14.2 Å². The number of rotatable bonds is 5. The second-order valence-electron chi connectivity index (χ2n) is 2.78. The van der Waals surface area contributed by atoms with Crippen LogP contribution in [0.2, 0.25) is 5.02 Å². The molecule has 0 atom stereocenters. The molecule has 0 unspecified atom stereocenters. The molecule has 0 spiro atoms. The maximum atomic E-state index is 10.5. The third-order valence-electron chi connectivity index (χ3n) is 1.78. The second kappa shape index (κ2) is 5.75. The first-order chi connectivity index (χ1) is 7.91. The minimum Gasteiger partial charge on any atom is -0.423 e. The zero-order valence-corrected chi connectivity index (χ0v) is 11.4. The molecule has 0 radical (unpaired) electrons. The number of hydrogen-bond donors (Lipinski definition) is 0. The molecule has 9 heteroatoms. The summed E-state index contributed by atoms with van der Waals surface area (Å²) >= 11 is 10.8. The average molecular weight is 298 g/mol. The Morgan fingerprint density at radius 3 is 2.41 bits per heavy atom. The molecule has 17 heavy (non-hydrogen) atoms. The Kier molecular flexibility index (Phi) is 4.85. The monoisotopic (exact) mass is 297 g/mol. The van der Waals surface area contributed by atoms with Crippen molar-refractivity contribution in [1.29, 1.82) is 0 Å². The fraction of sp³-hybridized carbons (Fsp3) is 0.250. The molecule has 0 fully saturated rings. The zero-order valence-electron chi connectivity index (χ0n) is 8.95. The average Bonchev–Trinajstić information content (AvgIpc) is 2.31. The molecule has 0 heterocycles. The molecule has 6 nitrogen and oxygen atoms in total. The normalized spacial score (nSPS) is 11.2. The van der Waals surface area contributed by atoms with E-state index in [0.717, 1.165) is 0 Å². The van der Waals surface area contributed by atoms with Crippen molar-refractivity contribution in [3.8, 4) is 5.75 Å². The summed E-state index contributed by atoms with van der Waals surface area (Å²) in [4.78, 5) is 9.95. The Balaban J connectivity index is 3.01. The maximum Gasteiger partial charge on any atom is 0.380 e. The van der Waals surface area contributed by atoms with Gasteiger partial charge in [-0.3, -0.25) is 10.1 Å². The Morgan fingerprint density at radius 1 is 1.41 bits per heavy atom. The first kappa shape index (κ1) is 14.3. The second-order valence-corrected chi connectivity index (χ2v) is 6.33. The predicted molar refractivity (Wildman–Crippen MR) is 67.0 cm³/mol. The largest absolute Gasteiger partial charge is 0.423 e. The van der Waals surface area contributed by atoms with E-state index in [-0.39, 0.29) is 16.5 Å². The van der Waals surface area contributed by atoms with Crippen molar-refractivity contribution in [1.82, 2.24) is 0 Å². The number of non-ortho nitro benzene ring substituents is 1. The lowest BCUT2D eigenvalue weighted by atomic mass is 10.3. The van der Waals surface area contributed by atoms with Crippen LogP contribution < -0.4 is 4.52 Å². The molecule has 1 aromatic carbocycles. The molecule has 0 saturated heterocycles. The Labute approximate surface area is 108 Å². The van der Waals surface area contributed by atoms with E-state index in [1.165, 1.54) is 32.4 Å². The number of nitro benzene ring substituents is 1. The SMILES string of the molecule is COP(=S)(OC)Oc1ccc([N+](=O)[O-])cc1Cl. The van der Waals surface area contributed by atoms with Gasteiger partial charge in [-0.1, -0.05) is 11.6 Å². The van der Waals surface area contributed by atoms with Gasteiger partial charge in [0.15, 0.2) is 0 Å². The summed E-state index contributed by atoms with van der Waals surface area (Å²) in [7, 11) is 2.70. The first-order valence-corrected chi connectivity index (χ1v) is 7.20. The van der Waals surface area contributed by atoms with Crippen molar-refractivity contribution in [3.05, 3.63) is 33.3 Å². The van der Waals surface area contributed by atoms with Gasteiger partial charge in [0.25, 0.3) is 5.69 Å².